The van der Waals surface area contributed by atoms with Crippen molar-refractivity contribution < 1.29 is 0 Å². The molecule has 180 valence electrons. The zero-order valence-electron chi connectivity index (χ0n) is 23.5. The van der Waals surface area contributed by atoms with Crippen LogP contribution in [0.1, 0.15) is 61.2 Å². The fourth-order valence-electron chi connectivity index (χ4n) is 5.60. The summed E-state index contributed by atoms with van der Waals surface area (Å²) in [6.07, 6.45) is 1.99. The lowest BCUT2D eigenvalue weighted by atomic mass is 9.74. The predicted molar refractivity (Wildman–Crippen MR) is 168 cm³/mol. The molecule has 0 aromatic heterocycles. The molecule has 1 N–H and O–H groups in total. The molecule has 0 heterocycles. The summed E-state index contributed by atoms with van der Waals surface area (Å²) in [7, 11) is 6.39. The lowest BCUT2D eigenvalue weighted by Crippen LogP contribution is -2.18. The van der Waals surface area contributed by atoms with E-state index in [1.165, 1.54) is 83.3 Å². The fourth-order valence-corrected chi connectivity index (χ4v) is 5.99. The first kappa shape index (κ1) is 27.0. The average molecular weight is 479 g/mol. The van der Waals surface area contributed by atoms with Crippen LogP contribution in [0, 0.1) is 55.4 Å². The smallest absolute Gasteiger partial charge is 0.140 e. The standard InChI is InChI=1S/C31H39B2NS/c1-12-23-21(9)26(18(6)19(7)29(23)33)22(10)24-13-25(32)15(3)17(5)27(24)28-16(4)14(2)20(8)31(35)30(28)34-11/h12-13,34-35H,1,10,32-33H2,2-9,11H3. The molecule has 0 unspecified atom stereocenters. The van der Waals surface area contributed by atoms with Gasteiger partial charge >= 0.3 is 0 Å². The van der Waals surface area contributed by atoms with Crippen molar-refractivity contribution >= 4 is 56.6 Å². The van der Waals surface area contributed by atoms with Gasteiger partial charge in [-0.15, -0.1) is 12.6 Å². The molecule has 0 saturated carbocycles. The maximum atomic E-state index is 4.95. The van der Waals surface area contributed by atoms with Gasteiger partial charge in [0, 0.05) is 17.5 Å². The summed E-state index contributed by atoms with van der Waals surface area (Å²) in [6, 6.07) is 2.33. The van der Waals surface area contributed by atoms with Crippen molar-refractivity contribution in [1.29, 1.82) is 0 Å². The molecule has 0 aliphatic carbocycles. The summed E-state index contributed by atoms with van der Waals surface area (Å²) < 4.78 is 0. The third-order valence-corrected chi connectivity index (χ3v) is 9.07. The van der Waals surface area contributed by atoms with E-state index < -0.39 is 0 Å². The second-order valence-electron chi connectivity index (χ2n) is 10.1. The number of hydrogen-bond acceptors (Lipinski definition) is 2. The molecule has 0 atom stereocenters. The van der Waals surface area contributed by atoms with E-state index in [2.05, 4.69) is 89.0 Å². The summed E-state index contributed by atoms with van der Waals surface area (Å²) in [5.41, 5.74) is 21.0. The van der Waals surface area contributed by atoms with Crippen molar-refractivity contribution in [2.45, 2.75) is 60.3 Å². The molecular formula is C31H39B2NS. The predicted octanol–water partition coefficient (Wildman–Crippen LogP) is 5.37. The van der Waals surface area contributed by atoms with Crippen molar-refractivity contribution in [3.05, 3.63) is 80.4 Å². The molecule has 0 bridgehead atoms. The number of nitrogens with one attached hydrogen (secondary N) is 1. The maximum Gasteiger partial charge on any atom is 0.140 e. The zero-order chi connectivity index (χ0) is 26.5. The van der Waals surface area contributed by atoms with Gasteiger partial charge in [-0.3, -0.25) is 0 Å². The number of hydrogen-bond donors (Lipinski definition) is 2. The lowest BCUT2D eigenvalue weighted by molar-refractivity contribution is 1.18. The van der Waals surface area contributed by atoms with E-state index in [0.29, 0.717) is 0 Å². The van der Waals surface area contributed by atoms with Crippen LogP contribution >= 0.6 is 12.6 Å². The van der Waals surface area contributed by atoms with E-state index in [1.807, 2.05) is 13.1 Å². The van der Waals surface area contributed by atoms with Crippen LogP contribution in [-0.2, 0) is 0 Å². The first-order valence-electron chi connectivity index (χ1n) is 12.4. The van der Waals surface area contributed by atoms with E-state index in [9.17, 15) is 0 Å². The highest BCUT2D eigenvalue weighted by Gasteiger charge is 2.25. The molecule has 1 nitrogen and oxygen atoms in total. The molecule has 0 spiro atoms. The van der Waals surface area contributed by atoms with Gasteiger partial charge in [0.05, 0.1) is 5.69 Å². The molecule has 4 heteroatoms. The third-order valence-electron chi connectivity index (χ3n) is 8.52. The summed E-state index contributed by atoms with van der Waals surface area (Å²) in [5.74, 6) is 0. The van der Waals surface area contributed by atoms with Gasteiger partial charge in [-0.1, -0.05) is 47.4 Å². The van der Waals surface area contributed by atoms with Gasteiger partial charge in [0.1, 0.15) is 15.7 Å². The summed E-state index contributed by atoms with van der Waals surface area (Å²) >= 11 is 4.95. The molecule has 0 aliphatic rings. The molecule has 3 aromatic rings. The van der Waals surface area contributed by atoms with Crippen molar-refractivity contribution in [1.82, 2.24) is 0 Å². The van der Waals surface area contributed by atoms with Crippen LogP contribution in [0.2, 0.25) is 0 Å². The fraction of sp³-hybridized carbons (Fsp3) is 0.290. The van der Waals surface area contributed by atoms with Gasteiger partial charge in [-0.05, 0) is 117 Å². The largest absolute Gasteiger partial charge is 0.387 e. The normalized spacial score (nSPS) is 11.0. The molecule has 35 heavy (non-hydrogen) atoms. The van der Waals surface area contributed by atoms with Crippen molar-refractivity contribution in [2.75, 3.05) is 12.4 Å². The van der Waals surface area contributed by atoms with Crippen LogP contribution in [0.5, 0.6) is 0 Å². The molecule has 0 radical (unpaired) electrons. The molecular weight excluding hydrogens is 440 g/mol. The van der Waals surface area contributed by atoms with Crippen molar-refractivity contribution in [2.24, 2.45) is 0 Å². The number of rotatable bonds is 5. The Balaban J connectivity index is 2.54. The maximum absolute atomic E-state index is 4.95. The van der Waals surface area contributed by atoms with Crippen molar-refractivity contribution in [3.8, 4) is 11.1 Å². The van der Waals surface area contributed by atoms with Crippen LogP contribution in [0.15, 0.2) is 24.1 Å². The van der Waals surface area contributed by atoms with Crippen LogP contribution in [0.25, 0.3) is 22.8 Å². The van der Waals surface area contributed by atoms with Gasteiger partial charge in [-0.25, -0.2) is 0 Å². The monoisotopic (exact) mass is 479 g/mol. The Kier molecular flexibility index (Phi) is 7.58. The summed E-state index contributed by atoms with van der Waals surface area (Å²) in [4.78, 5) is 1.01. The summed E-state index contributed by atoms with van der Waals surface area (Å²) in [5, 5.41) is 3.48. The van der Waals surface area contributed by atoms with Gasteiger partial charge in [0.15, 0.2) is 0 Å². The van der Waals surface area contributed by atoms with E-state index in [1.54, 1.807) is 0 Å². The minimum absolute atomic E-state index is 1.01. The second-order valence-corrected chi connectivity index (χ2v) is 10.5. The Morgan fingerprint density at radius 1 is 0.800 bits per heavy atom. The number of benzene rings is 3. The highest BCUT2D eigenvalue weighted by atomic mass is 32.1. The lowest BCUT2D eigenvalue weighted by Gasteiger charge is -2.27. The van der Waals surface area contributed by atoms with Crippen LogP contribution in [0.4, 0.5) is 5.69 Å². The van der Waals surface area contributed by atoms with Gasteiger partial charge in [0.25, 0.3) is 0 Å². The quantitative estimate of drug-likeness (QED) is 0.370. The Morgan fingerprint density at radius 2 is 1.37 bits per heavy atom. The first-order chi connectivity index (χ1) is 16.3. The van der Waals surface area contributed by atoms with Crippen molar-refractivity contribution in [3.63, 3.8) is 0 Å². The molecule has 0 saturated heterocycles. The van der Waals surface area contributed by atoms with Gasteiger partial charge in [-0.2, -0.15) is 0 Å². The first-order valence-corrected chi connectivity index (χ1v) is 12.8. The number of anilines is 1. The Hall–Kier alpha value is -2.58. The third kappa shape index (κ3) is 4.10. The van der Waals surface area contributed by atoms with E-state index in [-0.39, 0.29) is 0 Å². The molecule has 0 aliphatic heterocycles. The van der Waals surface area contributed by atoms with Gasteiger partial charge in [0.2, 0.25) is 0 Å². The Bertz CT molecular complexity index is 1410. The number of thiol groups is 1. The zero-order valence-corrected chi connectivity index (χ0v) is 24.4. The minimum Gasteiger partial charge on any atom is -0.387 e. The van der Waals surface area contributed by atoms with Crippen LogP contribution < -0.4 is 16.2 Å². The Morgan fingerprint density at radius 3 is 1.91 bits per heavy atom. The highest BCUT2D eigenvalue weighted by molar-refractivity contribution is 7.80. The molecule has 0 amide bonds. The van der Waals surface area contributed by atoms with Crippen LogP contribution in [0.3, 0.4) is 0 Å². The van der Waals surface area contributed by atoms with Gasteiger partial charge < -0.3 is 5.32 Å². The SMILES string of the molecule is Bc1cc(C(=C)c2c(C)c(C)c(B)c(C=C)c2C)c(-c2c(C)c(C)c(C)c(S)c2NC)c(C)c1C. The second kappa shape index (κ2) is 9.82. The van der Waals surface area contributed by atoms with Crippen LogP contribution in [-0.4, -0.2) is 22.7 Å². The highest BCUT2D eigenvalue weighted by Crippen LogP contribution is 2.46. The minimum atomic E-state index is 1.01. The van der Waals surface area contributed by atoms with E-state index in [4.69, 9.17) is 19.2 Å². The Labute approximate surface area is 220 Å². The topological polar surface area (TPSA) is 12.0 Å². The average Bonchev–Trinajstić information content (AvgIpc) is 2.82. The molecule has 3 rings (SSSR count). The van der Waals surface area contributed by atoms with E-state index >= 15 is 0 Å². The molecule has 0 fully saturated rings. The van der Waals surface area contributed by atoms with E-state index in [0.717, 1.165) is 16.2 Å². The summed E-state index contributed by atoms with van der Waals surface area (Å²) in [6.45, 7) is 26.5. The molecule has 3 aromatic carbocycles.